The number of carboxylic acid groups (broad SMARTS) is 1. The number of halogens is 1. The van der Waals surface area contributed by atoms with Crippen molar-refractivity contribution in [2.75, 3.05) is 13.7 Å². The number of rotatable bonds is 10. The second kappa shape index (κ2) is 11.1. The number of methoxy groups -OCH3 is 1. The summed E-state index contributed by atoms with van der Waals surface area (Å²) in [6, 6.07) is 16.2. The Hall–Kier alpha value is -5.08. The standard InChI is InChI=1S/C28H23FN6O4/c1-38-10-9-35-25-12-19(28(36)37)7-8-24(25)32-26(35)16-34-15-21(14-31-34)23-3-2-4-27(33-23)39-17-20-6-5-18(13-30)11-22(20)29/h2-8,11-12,14-15H,9-10,16-17H2,1H3,(H,36,37). The lowest BCUT2D eigenvalue weighted by molar-refractivity contribution is 0.0697. The Morgan fingerprint density at radius 3 is 2.79 bits per heavy atom. The first-order chi connectivity index (χ1) is 18.9. The first kappa shape index (κ1) is 25.6. The Morgan fingerprint density at radius 2 is 2.03 bits per heavy atom. The van der Waals surface area contributed by atoms with E-state index in [4.69, 9.17) is 19.7 Å². The summed E-state index contributed by atoms with van der Waals surface area (Å²) in [6.45, 7) is 1.24. The van der Waals surface area contributed by atoms with Gasteiger partial charge in [0.05, 0.1) is 53.3 Å². The van der Waals surface area contributed by atoms with Crippen molar-refractivity contribution in [3.63, 3.8) is 0 Å². The molecule has 5 aromatic rings. The summed E-state index contributed by atoms with van der Waals surface area (Å²) in [5.74, 6) is -0.495. The fourth-order valence-corrected chi connectivity index (χ4v) is 4.13. The third kappa shape index (κ3) is 5.61. The summed E-state index contributed by atoms with van der Waals surface area (Å²) >= 11 is 0. The molecule has 0 spiro atoms. The van der Waals surface area contributed by atoms with E-state index in [-0.39, 0.29) is 17.7 Å². The van der Waals surface area contributed by atoms with Crippen LogP contribution >= 0.6 is 0 Å². The van der Waals surface area contributed by atoms with Gasteiger partial charge in [-0.3, -0.25) is 4.68 Å². The number of carboxylic acids is 1. The van der Waals surface area contributed by atoms with Gasteiger partial charge < -0.3 is 19.1 Å². The molecule has 3 aromatic heterocycles. The number of fused-ring (bicyclic) bond motifs is 1. The number of benzene rings is 2. The van der Waals surface area contributed by atoms with Crippen molar-refractivity contribution in [3.05, 3.63) is 95.3 Å². The zero-order valence-electron chi connectivity index (χ0n) is 20.9. The van der Waals surface area contributed by atoms with E-state index < -0.39 is 11.8 Å². The smallest absolute Gasteiger partial charge is 0.335 e. The average molecular weight is 527 g/mol. The van der Waals surface area contributed by atoms with Crippen LogP contribution in [0.3, 0.4) is 0 Å². The summed E-state index contributed by atoms with van der Waals surface area (Å²) in [6.07, 6.45) is 3.51. The minimum atomic E-state index is -1.00. The van der Waals surface area contributed by atoms with Gasteiger partial charge in [0.2, 0.25) is 5.88 Å². The number of hydrogen-bond acceptors (Lipinski definition) is 7. The lowest BCUT2D eigenvalue weighted by Gasteiger charge is -2.09. The van der Waals surface area contributed by atoms with Gasteiger partial charge >= 0.3 is 5.97 Å². The SMILES string of the molecule is COCCn1c(Cn2cc(-c3cccc(OCc4ccc(C#N)cc4F)n3)cn2)nc2ccc(C(=O)O)cc21. The summed E-state index contributed by atoms with van der Waals surface area (Å²) < 4.78 is 28.8. The fraction of sp³-hybridized carbons (Fsp3) is 0.179. The van der Waals surface area contributed by atoms with Gasteiger partial charge in [0.25, 0.3) is 0 Å². The van der Waals surface area contributed by atoms with E-state index in [1.807, 2.05) is 22.9 Å². The number of ether oxygens (including phenoxy) is 2. The molecule has 39 heavy (non-hydrogen) atoms. The first-order valence-corrected chi connectivity index (χ1v) is 12.0. The van der Waals surface area contributed by atoms with Gasteiger partial charge in [0, 0.05) is 37.0 Å². The summed E-state index contributed by atoms with van der Waals surface area (Å²) in [4.78, 5) is 20.7. The average Bonchev–Trinajstić information content (AvgIpc) is 3.55. The minimum absolute atomic E-state index is 0.0332. The summed E-state index contributed by atoms with van der Waals surface area (Å²) in [7, 11) is 1.60. The van der Waals surface area contributed by atoms with E-state index >= 15 is 0 Å². The Kier molecular flexibility index (Phi) is 7.29. The van der Waals surface area contributed by atoms with Crippen molar-refractivity contribution in [2.45, 2.75) is 19.7 Å². The van der Waals surface area contributed by atoms with Crippen LogP contribution in [0.25, 0.3) is 22.3 Å². The molecule has 5 rings (SSSR count). The van der Waals surface area contributed by atoms with Crippen LogP contribution < -0.4 is 4.74 Å². The number of nitriles is 1. The maximum absolute atomic E-state index is 14.2. The molecule has 11 heteroatoms. The predicted molar refractivity (Wildman–Crippen MR) is 139 cm³/mol. The highest BCUT2D eigenvalue weighted by molar-refractivity contribution is 5.92. The minimum Gasteiger partial charge on any atom is -0.478 e. The monoisotopic (exact) mass is 526 g/mol. The van der Waals surface area contributed by atoms with Gasteiger partial charge in [0.15, 0.2) is 0 Å². The Morgan fingerprint density at radius 1 is 1.15 bits per heavy atom. The number of imidazole rings is 1. The molecule has 0 fully saturated rings. The molecule has 0 saturated heterocycles. The molecule has 0 bridgehead atoms. The molecule has 0 atom stereocenters. The van der Waals surface area contributed by atoms with Crippen molar-refractivity contribution < 1.29 is 23.8 Å². The van der Waals surface area contributed by atoms with E-state index in [1.165, 1.54) is 24.3 Å². The predicted octanol–water partition coefficient (Wildman–Crippen LogP) is 4.28. The number of aromatic carboxylic acids is 1. The highest BCUT2D eigenvalue weighted by Crippen LogP contribution is 2.23. The Bertz CT molecular complexity index is 1700. The van der Waals surface area contributed by atoms with Crippen LogP contribution in [0, 0.1) is 17.1 Å². The van der Waals surface area contributed by atoms with Crippen LogP contribution in [-0.4, -0.2) is 49.1 Å². The summed E-state index contributed by atoms with van der Waals surface area (Å²) in [5.41, 5.74) is 3.51. The van der Waals surface area contributed by atoms with E-state index in [0.29, 0.717) is 53.7 Å². The molecular weight excluding hydrogens is 503 g/mol. The first-order valence-electron chi connectivity index (χ1n) is 12.0. The molecule has 0 aliphatic rings. The largest absolute Gasteiger partial charge is 0.478 e. The van der Waals surface area contributed by atoms with Crippen LogP contribution in [0.2, 0.25) is 0 Å². The van der Waals surface area contributed by atoms with Gasteiger partial charge in [0.1, 0.15) is 18.2 Å². The molecule has 0 aliphatic carbocycles. The van der Waals surface area contributed by atoms with Crippen molar-refractivity contribution >= 4 is 17.0 Å². The van der Waals surface area contributed by atoms with E-state index in [9.17, 15) is 14.3 Å². The van der Waals surface area contributed by atoms with Gasteiger partial charge in [-0.15, -0.1) is 0 Å². The molecule has 3 heterocycles. The number of nitrogens with zero attached hydrogens (tertiary/aromatic N) is 6. The number of carbonyl (C=O) groups is 1. The molecule has 0 amide bonds. The zero-order chi connectivity index (χ0) is 27.4. The lowest BCUT2D eigenvalue weighted by Crippen LogP contribution is -2.12. The fourth-order valence-electron chi connectivity index (χ4n) is 4.13. The van der Waals surface area contributed by atoms with Crippen LogP contribution in [0.4, 0.5) is 4.39 Å². The van der Waals surface area contributed by atoms with E-state index in [1.54, 1.807) is 42.3 Å². The molecule has 0 radical (unpaired) electrons. The molecule has 196 valence electrons. The van der Waals surface area contributed by atoms with Crippen LogP contribution in [0.1, 0.15) is 27.3 Å². The molecule has 10 nitrogen and oxygen atoms in total. The number of hydrogen-bond donors (Lipinski definition) is 1. The highest BCUT2D eigenvalue weighted by atomic mass is 19.1. The van der Waals surface area contributed by atoms with Crippen LogP contribution in [0.5, 0.6) is 5.88 Å². The molecule has 0 unspecified atom stereocenters. The lowest BCUT2D eigenvalue weighted by atomic mass is 10.1. The molecule has 2 aromatic carbocycles. The van der Waals surface area contributed by atoms with Crippen molar-refractivity contribution in [1.29, 1.82) is 5.26 Å². The Balaban J connectivity index is 1.35. The van der Waals surface area contributed by atoms with E-state index in [2.05, 4.69) is 10.1 Å². The maximum atomic E-state index is 14.2. The molecular formula is C28H23FN6O4. The molecule has 0 aliphatic heterocycles. The summed E-state index contributed by atoms with van der Waals surface area (Å²) in [5, 5.41) is 22.8. The quantitative estimate of drug-likeness (QED) is 0.286. The third-order valence-corrected chi connectivity index (χ3v) is 6.11. The second-order valence-corrected chi connectivity index (χ2v) is 8.68. The number of aromatic nitrogens is 5. The van der Waals surface area contributed by atoms with Crippen LogP contribution in [-0.2, 0) is 24.4 Å². The van der Waals surface area contributed by atoms with Crippen molar-refractivity contribution in [1.82, 2.24) is 24.3 Å². The third-order valence-electron chi connectivity index (χ3n) is 6.11. The van der Waals surface area contributed by atoms with Gasteiger partial charge in [-0.25, -0.2) is 19.2 Å². The molecule has 1 N–H and O–H groups in total. The second-order valence-electron chi connectivity index (χ2n) is 8.68. The zero-order valence-corrected chi connectivity index (χ0v) is 20.9. The van der Waals surface area contributed by atoms with Crippen LogP contribution in [0.15, 0.2) is 67.0 Å². The van der Waals surface area contributed by atoms with Gasteiger partial charge in [-0.05, 0) is 36.4 Å². The van der Waals surface area contributed by atoms with Gasteiger partial charge in [-0.1, -0.05) is 12.1 Å². The number of pyridine rings is 1. The van der Waals surface area contributed by atoms with Crippen molar-refractivity contribution in [2.24, 2.45) is 0 Å². The van der Waals surface area contributed by atoms with Gasteiger partial charge in [-0.2, -0.15) is 10.4 Å². The highest BCUT2D eigenvalue weighted by Gasteiger charge is 2.15. The van der Waals surface area contributed by atoms with E-state index in [0.717, 1.165) is 5.56 Å². The normalized spacial score (nSPS) is 11.0. The Labute approximate surface area is 222 Å². The topological polar surface area (TPSA) is 128 Å². The maximum Gasteiger partial charge on any atom is 0.335 e. The van der Waals surface area contributed by atoms with Crippen molar-refractivity contribution in [3.8, 4) is 23.2 Å². The molecule has 0 saturated carbocycles.